The van der Waals surface area contributed by atoms with Crippen LogP contribution in [0.15, 0.2) is 47.4 Å². The number of carbonyl (C=O) groups excluding carboxylic acids is 2. The van der Waals surface area contributed by atoms with Crippen molar-refractivity contribution < 1.29 is 9.59 Å². The number of fused-ring (bicyclic) bond motifs is 1. The third kappa shape index (κ3) is 4.34. The predicted octanol–water partition coefficient (Wildman–Crippen LogP) is 3.14. The molecule has 1 atom stereocenters. The highest BCUT2D eigenvalue weighted by molar-refractivity contribution is 6.39. The largest absolute Gasteiger partial charge is 0.383 e. The summed E-state index contributed by atoms with van der Waals surface area (Å²) in [5.74, 6) is -0.910. The van der Waals surface area contributed by atoms with E-state index in [1.54, 1.807) is 24.0 Å². The van der Waals surface area contributed by atoms with E-state index in [-0.39, 0.29) is 17.0 Å². The van der Waals surface area contributed by atoms with Gasteiger partial charge >= 0.3 is 11.8 Å². The number of aromatic nitrogens is 2. The summed E-state index contributed by atoms with van der Waals surface area (Å²) in [7, 11) is 0. The Morgan fingerprint density at radius 1 is 1.22 bits per heavy atom. The van der Waals surface area contributed by atoms with Gasteiger partial charge < -0.3 is 20.9 Å². The molecule has 8 heteroatoms. The van der Waals surface area contributed by atoms with Crippen molar-refractivity contribution in [3.8, 4) is 0 Å². The number of nitrogens with zero attached hydrogens (tertiary/aromatic N) is 2. The number of aryl methyl sites for hydroxylation is 1. The van der Waals surface area contributed by atoms with E-state index in [0.717, 1.165) is 34.9 Å². The maximum atomic E-state index is 13.3. The van der Waals surface area contributed by atoms with E-state index in [0.29, 0.717) is 18.1 Å². The number of aromatic amines is 1. The fourth-order valence-corrected chi connectivity index (χ4v) is 4.24. The van der Waals surface area contributed by atoms with Crippen molar-refractivity contribution in [3.05, 3.63) is 64.1 Å². The van der Waals surface area contributed by atoms with Crippen molar-refractivity contribution in [2.75, 3.05) is 17.6 Å². The van der Waals surface area contributed by atoms with Crippen molar-refractivity contribution in [2.45, 2.75) is 39.7 Å². The lowest BCUT2D eigenvalue weighted by Crippen LogP contribution is -2.49. The number of nitrogens with two attached hydrogens (primary N) is 1. The highest BCUT2D eigenvalue weighted by atomic mass is 16.2. The van der Waals surface area contributed by atoms with Gasteiger partial charge in [0.2, 0.25) is 5.56 Å². The van der Waals surface area contributed by atoms with Crippen LogP contribution in [0.1, 0.15) is 43.9 Å². The second kappa shape index (κ2) is 8.11. The molecular weight excluding hydrogens is 406 g/mol. The number of hydrogen-bond acceptors (Lipinski definition) is 5. The smallest absolute Gasteiger partial charge is 0.313 e. The van der Waals surface area contributed by atoms with Gasteiger partial charge in [-0.15, -0.1) is 0 Å². The molecule has 1 fully saturated rings. The van der Waals surface area contributed by atoms with Crippen LogP contribution in [0.2, 0.25) is 0 Å². The number of hydrogen-bond donors (Lipinski definition) is 3. The molecule has 0 aliphatic carbocycles. The Labute approximate surface area is 185 Å². The molecule has 4 N–H and O–H groups in total. The molecule has 3 heterocycles. The maximum absolute atomic E-state index is 13.3. The van der Waals surface area contributed by atoms with Crippen LogP contribution in [0.25, 0.3) is 10.9 Å². The first-order valence-electron chi connectivity index (χ1n) is 10.6. The number of piperidine rings is 1. The van der Waals surface area contributed by atoms with E-state index < -0.39 is 11.8 Å². The third-order valence-electron chi connectivity index (χ3n) is 6.03. The molecular formula is C24H27N5O3. The lowest BCUT2D eigenvalue weighted by Gasteiger charge is -2.43. The average molecular weight is 434 g/mol. The summed E-state index contributed by atoms with van der Waals surface area (Å²) < 4.78 is 0. The molecule has 0 unspecified atom stereocenters. The molecule has 1 aliphatic rings. The van der Waals surface area contributed by atoms with Gasteiger partial charge in [0.05, 0.1) is 17.9 Å². The Morgan fingerprint density at radius 3 is 2.75 bits per heavy atom. The number of nitrogen functional groups attached to an aromatic ring is 1. The molecule has 32 heavy (non-hydrogen) atoms. The number of nitrogens with one attached hydrogen (secondary N) is 2. The van der Waals surface area contributed by atoms with Gasteiger partial charge in [0.25, 0.3) is 0 Å². The van der Waals surface area contributed by atoms with Gasteiger partial charge in [-0.1, -0.05) is 19.9 Å². The molecule has 2 aromatic heterocycles. The van der Waals surface area contributed by atoms with Crippen molar-refractivity contribution in [2.24, 2.45) is 5.41 Å². The first-order valence-corrected chi connectivity index (χ1v) is 10.6. The highest BCUT2D eigenvalue weighted by Crippen LogP contribution is 2.40. The number of anilines is 2. The number of amides is 2. The van der Waals surface area contributed by atoms with Gasteiger partial charge in [-0.2, -0.15) is 0 Å². The van der Waals surface area contributed by atoms with Gasteiger partial charge in [0.15, 0.2) is 0 Å². The number of rotatable bonds is 2. The molecule has 0 spiro atoms. The fourth-order valence-electron chi connectivity index (χ4n) is 4.24. The highest BCUT2D eigenvalue weighted by Gasteiger charge is 2.38. The van der Waals surface area contributed by atoms with E-state index in [4.69, 9.17) is 5.73 Å². The average Bonchev–Trinajstić information content (AvgIpc) is 2.75. The van der Waals surface area contributed by atoms with Crippen LogP contribution in [-0.2, 0) is 9.59 Å². The molecule has 0 saturated carbocycles. The Balaban J connectivity index is 1.62. The van der Waals surface area contributed by atoms with Crippen LogP contribution in [0.3, 0.4) is 0 Å². The van der Waals surface area contributed by atoms with Gasteiger partial charge in [-0.05, 0) is 66.0 Å². The van der Waals surface area contributed by atoms with E-state index in [9.17, 15) is 14.4 Å². The van der Waals surface area contributed by atoms with Gasteiger partial charge in [-0.25, -0.2) is 4.98 Å². The molecule has 1 aliphatic heterocycles. The second-order valence-corrected chi connectivity index (χ2v) is 9.20. The summed E-state index contributed by atoms with van der Waals surface area (Å²) in [5, 5.41) is 3.54. The van der Waals surface area contributed by atoms with Crippen LogP contribution >= 0.6 is 0 Å². The summed E-state index contributed by atoms with van der Waals surface area (Å²) in [4.78, 5) is 46.2. The molecule has 3 aromatic rings. The van der Waals surface area contributed by atoms with E-state index >= 15 is 0 Å². The van der Waals surface area contributed by atoms with Crippen LogP contribution in [-0.4, -0.2) is 33.2 Å². The summed E-state index contributed by atoms with van der Waals surface area (Å²) >= 11 is 0. The quantitative estimate of drug-likeness (QED) is 0.536. The number of benzene rings is 1. The monoisotopic (exact) mass is 433 g/mol. The predicted molar refractivity (Wildman–Crippen MR) is 124 cm³/mol. The minimum Gasteiger partial charge on any atom is -0.383 e. The minimum absolute atomic E-state index is 0.103. The van der Waals surface area contributed by atoms with Crippen LogP contribution in [0, 0.1) is 12.3 Å². The van der Waals surface area contributed by atoms with Gasteiger partial charge in [-0.3, -0.25) is 14.4 Å². The zero-order valence-electron chi connectivity index (χ0n) is 18.4. The van der Waals surface area contributed by atoms with Crippen LogP contribution < -0.4 is 16.6 Å². The van der Waals surface area contributed by atoms with Gasteiger partial charge in [0, 0.05) is 18.1 Å². The van der Waals surface area contributed by atoms with Crippen LogP contribution in [0.4, 0.5) is 11.5 Å². The third-order valence-corrected chi connectivity index (χ3v) is 6.03. The minimum atomic E-state index is -0.705. The number of likely N-dealkylation sites (tertiary alicyclic amines) is 1. The van der Waals surface area contributed by atoms with Crippen molar-refractivity contribution >= 4 is 34.2 Å². The summed E-state index contributed by atoms with van der Waals surface area (Å²) in [6, 6.07) is 10.4. The molecule has 2 amide bonds. The van der Waals surface area contributed by atoms with Crippen molar-refractivity contribution in [3.63, 3.8) is 0 Å². The molecule has 1 saturated heterocycles. The van der Waals surface area contributed by atoms with E-state index in [1.807, 2.05) is 18.2 Å². The number of H-pyrrole nitrogens is 1. The standard InChI is InChI=1S/C24H27N5O3/c1-14-10-17(12-26-21(14)25)27-22(31)23(32)29-13-24(2,3)9-8-19(29)16-4-6-18-15(11-16)5-7-20(30)28-18/h4-7,10-12,19H,8-9,13H2,1-3H3,(H2,25,26)(H,27,31)(H,28,30)/t19-/m0/s1. The van der Waals surface area contributed by atoms with Gasteiger partial charge in [0.1, 0.15) is 5.82 Å². The zero-order chi connectivity index (χ0) is 23.0. The summed E-state index contributed by atoms with van der Waals surface area (Å²) in [5.41, 5.74) is 8.30. The Morgan fingerprint density at radius 2 is 2.00 bits per heavy atom. The lowest BCUT2D eigenvalue weighted by atomic mass is 9.79. The number of pyridine rings is 2. The number of carbonyl (C=O) groups is 2. The molecule has 8 nitrogen and oxygen atoms in total. The van der Waals surface area contributed by atoms with E-state index in [1.165, 1.54) is 12.3 Å². The Hall–Kier alpha value is -3.68. The normalized spacial score (nSPS) is 17.8. The molecule has 0 radical (unpaired) electrons. The lowest BCUT2D eigenvalue weighted by molar-refractivity contribution is -0.147. The van der Waals surface area contributed by atoms with Crippen LogP contribution in [0.5, 0.6) is 0 Å². The summed E-state index contributed by atoms with van der Waals surface area (Å²) in [6.45, 7) is 6.45. The topological polar surface area (TPSA) is 121 Å². The van der Waals surface area contributed by atoms with Crippen molar-refractivity contribution in [1.29, 1.82) is 0 Å². The molecule has 0 bridgehead atoms. The molecule has 166 valence electrons. The fraction of sp³-hybridized carbons (Fsp3) is 0.333. The SMILES string of the molecule is Cc1cc(NC(=O)C(=O)N2CC(C)(C)CC[C@H]2c2ccc3[nH]c(=O)ccc3c2)cnc1N. The van der Waals surface area contributed by atoms with E-state index in [2.05, 4.69) is 29.1 Å². The second-order valence-electron chi connectivity index (χ2n) is 9.20. The maximum Gasteiger partial charge on any atom is 0.313 e. The zero-order valence-corrected chi connectivity index (χ0v) is 18.4. The summed E-state index contributed by atoms with van der Waals surface area (Å²) in [6.07, 6.45) is 3.10. The first kappa shape index (κ1) is 21.5. The Kier molecular flexibility index (Phi) is 5.46. The Bertz CT molecular complexity index is 1260. The van der Waals surface area contributed by atoms with Crippen molar-refractivity contribution in [1.82, 2.24) is 14.9 Å². The molecule has 4 rings (SSSR count). The first-order chi connectivity index (χ1) is 15.1. The molecule has 1 aromatic carbocycles.